The van der Waals surface area contributed by atoms with Crippen LogP contribution in [0.15, 0.2) is 36.4 Å². The zero-order chi connectivity index (χ0) is 19.0. The van der Waals surface area contributed by atoms with Crippen molar-refractivity contribution in [1.82, 2.24) is 0 Å². The number of Topliss-reactive ketones (excluding diaryl/α,β-unsaturated/α-hetero) is 1. The molecule has 1 heteroatoms. The number of benzene rings is 2. The first-order chi connectivity index (χ1) is 11.9. The van der Waals surface area contributed by atoms with E-state index in [4.69, 9.17) is 0 Å². The predicted molar refractivity (Wildman–Crippen MR) is 111 cm³/mol. The monoisotopic (exact) mass is 336 g/mol. The Bertz CT molecular complexity index is 751. The Morgan fingerprint density at radius 3 is 2.20 bits per heavy atom. The Morgan fingerprint density at radius 1 is 0.960 bits per heavy atom. The molecular weight excluding hydrogens is 304 g/mol. The topological polar surface area (TPSA) is 17.1 Å². The molecule has 0 amide bonds. The van der Waals surface area contributed by atoms with E-state index in [0.29, 0.717) is 0 Å². The van der Waals surface area contributed by atoms with Gasteiger partial charge in [0.2, 0.25) is 0 Å². The number of hydrogen-bond acceptors (Lipinski definition) is 1. The minimum Gasteiger partial charge on any atom is -0.295 e. The van der Waals surface area contributed by atoms with Gasteiger partial charge in [0.25, 0.3) is 0 Å². The minimum absolute atomic E-state index is 0.128. The maximum absolute atomic E-state index is 11.8. The van der Waals surface area contributed by atoms with Gasteiger partial charge in [0, 0.05) is 5.56 Å². The molecule has 2 aromatic carbocycles. The quantitative estimate of drug-likeness (QED) is 0.422. The highest BCUT2D eigenvalue weighted by atomic mass is 16.1. The first kappa shape index (κ1) is 20.9. The molecule has 0 radical (unpaired) electrons. The minimum atomic E-state index is 0.128. The van der Waals surface area contributed by atoms with Crippen LogP contribution in [0.3, 0.4) is 0 Å². The molecular formula is C24H32O. The summed E-state index contributed by atoms with van der Waals surface area (Å²) in [6.07, 6.45) is 4.31. The van der Waals surface area contributed by atoms with Crippen LogP contribution in [0.25, 0.3) is 11.6 Å². The average Bonchev–Trinajstić information content (AvgIpc) is 2.60. The molecule has 0 bridgehead atoms. The molecule has 0 fully saturated rings. The summed E-state index contributed by atoms with van der Waals surface area (Å²) in [5.74, 6) is 0.128. The Balaban J connectivity index is 0.00000151. The van der Waals surface area contributed by atoms with Gasteiger partial charge in [-0.3, -0.25) is 4.79 Å². The molecule has 0 aliphatic heterocycles. The van der Waals surface area contributed by atoms with E-state index in [-0.39, 0.29) is 5.78 Å². The Labute approximate surface area is 153 Å². The smallest absolute Gasteiger partial charge is 0.159 e. The highest BCUT2D eigenvalue weighted by molar-refractivity contribution is 5.95. The van der Waals surface area contributed by atoms with Gasteiger partial charge >= 0.3 is 0 Å². The van der Waals surface area contributed by atoms with E-state index < -0.39 is 0 Å². The zero-order valence-corrected chi connectivity index (χ0v) is 16.9. The lowest BCUT2D eigenvalue weighted by Gasteiger charge is -2.10. The van der Waals surface area contributed by atoms with E-state index in [9.17, 15) is 4.79 Å². The van der Waals surface area contributed by atoms with Crippen LogP contribution in [0.5, 0.6) is 0 Å². The van der Waals surface area contributed by atoms with E-state index in [2.05, 4.69) is 58.0 Å². The fraction of sp³-hybridized carbons (Fsp3) is 0.375. The van der Waals surface area contributed by atoms with Crippen LogP contribution in [0.1, 0.15) is 79.2 Å². The third-order valence-electron chi connectivity index (χ3n) is 4.20. The molecule has 2 aromatic rings. The lowest BCUT2D eigenvalue weighted by molar-refractivity contribution is 0.101. The fourth-order valence-electron chi connectivity index (χ4n) is 2.79. The molecule has 134 valence electrons. The van der Waals surface area contributed by atoms with Gasteiger partial charge in [-0.25, -0.2) is 0 Å². The average molecular weight is 337 g/mol. The van der Waals surface area contributed by atoms with E-state index in [1.807, 2.05) is 26.0 Å². The normalized spacial score (nSPS) is 10.9. The molecule has 0 aliphatic rings. The van der Waals surface area contributed by atoms with E-state index in [1.165, 1.54) is 27.8 Å². The molecule has 0 atom stereocenters. The van der Waals surface area contributed by atoms with Gasteiger partial charge in [0.1, 0.15) is 0 Å². The van der Waals surface area contributed by atoms with Crippen molar-refractivity contribution in [3.05, 3.63) is 69.8 Å². The van der Waals surface area contributed by atoms with Crippen molar-refractivity contribution in [3.63, 3.8) is 0 Å². The molecule has 0 N–H and O–H groups in total. The molecule has 0 spiro atoms. The molecule has 0 saturated carbocycles. The van der Waals surface area contributed by atoms with Crippen LogP contribution in [0.4, 0.5) is 0 Å². The first-order valence-corrected chi connectivity index (χ1v) is 9.31. The number of rotatable bonds is 5. The molecule has 0 saturated heterocycles. The van der Waals surface area contributed by atoms with Crippen molar-refractivity contribution < 1.29 is 4.79 Å². The first-order valence-electron chi connectivity index (χ1n) is 9.31. The van der Waals surface area contributed by atoms with E-state index in [1.54, 1.807) is 6.92 Å². The largest absolute Gasteiger partial charge is 0.295 e. The lowest BCUT2D eigenvalue weighted by Crippen LogP contribution is -1.97. The van der Waals surface area contributed by atoms with Gasteiger partial charge in [-0.05, 0) is 74.1 Å². The lowest BCUT2D eigenvalue weighted by atomic mass is 9.95. The SMILES string of the molecule is CC.CCCc1cc(C(C)=O)cc(/C(C)=C/c2cc(C)ccc2C)c1. The van der Waals surface area contributed by atoms with Crippen LogP contribution in [0.2, 0.25) is 0 Å². The maximum Gasteiger partial charge on any atom is 0.159 e. The van der Waals surface area contributed by atoms with Crippen LogP contribution < -0.4 is 0 Å². The summed E-state index contributed by atoms with van der Waals surface area (Å²) in [6, 6.07) is 12.8. The molecule has 0 aliphatic carbocycles. The molecule has 2 rings (SSSR count). The van der Waals surface area contributed by atoms with Gasteiger partial charge in [-0.15, -0.1) is 0 Å². The van der Waals surface area contributed by atoms with Crippen LogP contribution in [-0.2, 0) is 6.42 Å². The summed E-state index contributed by atoms with van der Waals surface area (Å²) in [5, 5.41) is 0. The van der Waals surface area contributed by atoms with Gasteiger partial charge in [0.15, 0.2) is 5.78 Å². The van der Waals surface area contributed by atoms with Crippen LogP contribution >= 0.6 is 0 Å². The Kier molecular flexibility index (Phi) is 8.34. The third kappa shape index (κ3) is 6.01. The third-order valence-corrected chi connectivity index (χ3v) is 4.20. The van der Waals surface area contributed by atoms with Gasteiger partial charge in [-0.2, -0.15) is 0 Å². The fourth-order valence-corrected chi connectivity index (χ4v) is 2.79. The van der Waals surface area contributed by atoms with Crippen LogP contribution in [0, 0.1) is 13.8 Å². The van der Waals surface area contributed by atoms with Crippen molar-refractivity contribution in [2.24, 2.45) is 0 Å². The summed E-state index contributed by atoms with van der Waals surface area (Å²) >= 11 is 0. The predicted octanol–water partition coefficient (Wildman–Crippen LogP) is 7.05. The molecule has 1 nitrogen and oxygen atoms in total. The number of allylic oxidation sites excluding steroid dienone is 1. The summed E-state index contributed by atoms with van der Waals surface area (Å²) in [6.45, 7) is 14.2. The van der Waals surface area contributed by atoms with Gasteiger partial charge in [-0.1, -0.05) is 63.1 Å². The van der Waals surface area contributed by atoms with Gasteiger partial charge < -0.3 is 0 Å². The van der Waals surface area contributed by atoms with Crippen LogP contribution in [-0.4, -0.2) is 5.78 Å². The summed E-state index contributed by atoms with van der Waals surface area (Å²) in [4.78, 5) is 11.8. The van der Waals surface area contributed by atoms with E-state index in [0.717, 1.165) is 24.0 Å². The summed E-state index contributed by atoms with van der Waals surface area (Å²) in [5.41, 5.74) is 8.16. The van der Waals surface area contributed by atoms with E-state index >= 15 is 0 Å². The standard InChI is InChI=1S/C22H26O.C2H6/c1-6-7-19-12-21(14-22(13-19)18(5)23)17(4)11-20-10-15(2)8-9-16(20)3;1-2/h8-14H,6-7H2,1-5H3;1-2H3/b17-11+;. The number of ketones is 1. The molecule has 0 heterocycles. The number of carbonyl (C=O) groups excluding carboxylic acids is 1. The van der Waals surface area contributed by atoms with Gasteiger partial charge in [0.05, 0.1) is 0 Å². The number of carbonyl (C=O) groups is 1. The highest BCUT2D eigenvalue weighted by Crippen LogP contribution is 2.23. The summed E-state index contributed by atoms with van der Waals surface area (Å²) in [7, 11) is 0. The Morgan fingerprint density at radius 2 is 1.60 bits per heavy atom. The second-order valence-electron chi connectivity index (χ2n) is 6.41. The van der Waals surface area contributed by atoms with Crippen molar-refractivity contribution in [1.29, 1.82) is 0 Å². The maximum atomic E-state index is 11.8. The molecule has 25 heavy (non-hydrogen) atoms. The summed E-state index contributed by atoms with van der Waals surface area (Å²) < 4.78 is 0. The van der Waals surface area contributed by atoms with Crippen molar-refractivity contribution in [2.45, 2.75) is 61.3 Å². The Hall–Kier alpha value is -2.15. The van der Waals surface area contributed by atoms with Crippen molar-refractivity contribution in [2.75, 3.05) is 0 Å². The molecule has 0 unspecified atom stereocenters. The van der Waals surface area contributed by atoms with Crippen molar-refractivity contribution in [3.8, 4) is 0 Å². The second-order valence-corrected chi connectivity index (χ2v) is 6.41. The highest BCUT2D eigenvalue weighted by Gasteiger charge is 2.07. The number of hydrogen-bond donors (Lipinski definition) is 0. The van der Waals surface area contributed by atoms with Crippen molar-refractivity contribution >= 4 is 17.4 Å². The second kappa shape index (κ2) is 9.98. The zero-order valence-electron chi connectivity index (χ0n) is 16.9. The molecule has 0 aromatic heterocycles. The number of aryl methyl sites for hydroxylation is 3.